The van der Waals surface area contributed by atoms with Crippen LogP contribution in [0.25, 0.3) is 77.2 Å². The van der Waals surface area contributed by atoms with Crippen LogP contribution < -0.4 is 4.90 Å². The number of fused-ring (bicyclic) bond motifs is 4. The van der Waals surface area contributed by atoms with Crippen LogP contribution in [0, 0.1) is 0 Å². The minimum atomic E-state index is 0.862. The van der Waals surface area contributed by atoms with E-state index >= 15 is 0 Å². The third-order valence-electron chi connectivity index (χ3n) is 10.5. The Labute approximate surface area is 314 Å². The van der Waals surface area contributed by atoms with Crippen molar-refractivity contribution in [1.29, 1.82) is 0 Å². The maximum absolute atomic E-state index is 6.47. The number of benzene rings is 9. The van der Waals surface area contributed by atoms with E-state index in [1.807, 2.05) is 6.07 Å². The van der Waals surface area contributed by atoms with E-state index in [1.54, 1.807) is 0 Å². The molecule has 0 radical (unpaired) electrons. The molecule has 254 valence electrons. The summed E-state index contributed by atoms with van der Waals surface area (Å²) in [5.74, 6) is 0. The van der Waals surface area contributed by atoms with Gasteiger partial charge in [-0.15, -0.1) is 0 Å². The van der Waals surface area contributed by atoms with Crippen molar-refractivity contribution in [2.24, 2.45) is 0 Å². The fraction of sp³-hybridized carbons (Fsp3) is 0. The van der Waals surface area contributed by atoms with E-state index in [4.69, 9.17) is 4.42 Å². The zero-order valence-electron chi connectivity index (χ0n) is 29.6. The van der Waals surface area contributed by atoms with Crippen molar-refractivity contribution in [2.75, 3.05) is 4.90 Å². The van der Waals surface area contributed by atoms with Gasteiger partial charge in [-0.3, -0.25) is 0 Å². The van der Waals surface area contributed by atoms with Crippen molar-refractivity contribution < 1.29 is 4.42 Å². The van der Waals surface area contributed by atoms with Crippen LogP contribution >= 0.6 is 0 Å². The highest BCUT2D eigenvalue weighted by molar-refractivity contribution is 6.14. The van der Waals surface area contributed by atoms with E-state index in [1.165, 1.54) is 44.2 Å². The Balaban J connectivity index is 1.28. The van der Waals surface area contributed by atoms with E-state index in [2.05, 4.69) is 211 Å². The molecular formula is C52H35NO. The van der Waals surface area contributed by atoms with Gasteiger partial charge in [0.1, 0.15) is 11.2 Å². The average molecular weight is 690 g/mol. The van der Waals surface area contributed by atoms with Gasteiger partial charge >= 0.3 is 0 Å². The topological polar surface area (TPSA) is 16.4 Å². The van der Waals surface area contributed by atoms with Gasteiger partial charge in [-0.05, 0) is 92.2 Å². The molecule has 9 aromatic carbocycles. The number of rotatable bonds is 7. The molecular weight excluding hydrogens is 655 g/mol. The molecule has 0 bridgehead atoms. The highest BCUT2D eigenvalue weighted by atomic mass is 16.3. The molecule has 2 heteroatoms. The van der Waals surface area contributed by atoms with Crippen LogP contribution in [-0.4, -0.2) is 0 Å². The molecule has 1 aromatic heterocycles. The van der Waals surface area contributed by atoms with Crippen molar-refractivity contribution in [1.82, 2.24) is 0 Å². The summed E-state index contributed by atoms with van der Waals surface area (Å²) in [7, 11) is 0. The maximum Gasteiger partial charge on any atom is 0.137 e. The lowest BCUT2D eigenvalue weighted by Gasteiger charge is -2.29. The van der Waals surface area contributed by atoms with Gasteiger partial charge in [0.05, 0.1) is 16.8 Å². The average Bonchev–Trinajstić information content (AvgIpc) is 3.64. The highest BCUT2D eigenvalue weighted by Gasteiger charge is 2.24. The smallest absolute Gasteiger partial charge is 0.137 e. The molecule has 0 saturated carbocycles. The minimum Gasteiger partial charge on any atom is -0.456 e. The first-order valence-electron chi connectivity index (χ1n) is 18.4. The van der Waals surface area contributed by atoms with E-state index < -0.39 is 0 Å². The summed E-state index contributed by atoms with van der Waals surface area (Å²) in [6.45, 7) is 0. The van der Waals surface area contributed by atoms with Gasteiger partial charge in [-0.25, -0.2) is 0 Å². The second-order valence-electron chi connectivity index (χ2n) is 13.7. The van der Waals surface area contributed by atoms with Crippen molar-refractivity contribution in [2.45, 2.75) is 0 Å². The Kier molecular flexibility index (Phi) is 7.85. The van der Waals surface area contributed by atoms with Gasteiger partial charge in [0.2, 0.25) is 0 Å². The maximum atomic E-state index is 6.47. The number of hydrogen-bond acceptors (Lipinski definition) is 2. The van der Waals surface area contributed by atoms with E-state index in [-0.39, 0.29) is 0 Å². The molecule has 0 aliphatic rings. The summed E-state index contributed by atoms with van der Waals surface area (Å²) < 4.78 is 6.47. The molecule has 10 rings (SSSR count). The van der Waals surface area contributed by atoms with Gasteiger partial charge in [-0.2, -0.15) is 0 Å². The predicted octanol–water partition coefficient (Wildman–Crippen LogP) is 14.9. The van der Waals surface area contributed by atoms with Crippen molar-refractivity contribution in [3.05, 3.63) is 212 Å². The molecule has 0 N–H and O–H groups in total. The summed E-state index contributed by atoms with van der Waals surface area (Å²) >= 11 is 0. The summed E-state index contributed by atoms with van der Waals surface area (Å²) in [5.41, 5.74) is 14.3. The quantitative estimate of drug-likeness (QED) is 0.166. The SMILES string of the molecule is c1ccc(-c2ccc(-c3ccccc3-c3ccccc3)c(-c3ccccc3N(c3ccc4ccccc4c3)c3cccc4oc5ccccc5c34)c2)cc1. The third kappa shape index (κ3) is 5.53. The van der Waals surface area contributed by atoms with Crippen molar-refractivity contribution in [3.8, 4) is 44.5 Å². The molecule has 0 atom stereocenters. The molecule has 1 heterocycles. The Bertz CT molecular complexity index is 2940. The van der Waals surface area contributed by atoms with Crippen LogP contribution in [0.2, 0.25) is 0 Å². The van der Waals surface area contributed by atoms with Gasteiger partial charge in [0.15, 0.2) is 0 Å². The molecule has 0 saturated heterocycles. The summed E-state index contributed by atoms with van der Waals surface area (Å²) in [6.07, 6.45) is 0. The first-order valence-corrected chi connectivity index (χ1v) is 18.4. The molecule has 0 unspecified atom stereocenters. The lowest BCUT2D eigenvalue weighted by Crippen LogP contribution is -2.12. The number of furan rings is 1. The number of hydrogen-bond donors (Lipinski definition) is 0. The number of para-hydroxylation sites is 2. The van der Waals surface area contributed by atoms with E-state index in [0.29, 0.717) is 0 Å². The second kappa shape index (κ2) is 13.4. The molecule has 2 nitrogen and oxygen atoms in total. The van der Waals surface area contributed by atoms with E-state index in [0.717, 1.165) is 50.1 Å². The normalized spacial score (nSPS) is 11.3. The first kappa shape index (κ1) is 31.6. The molecule has 0 aliphatic heterocycles. The van der Waals surface area contributed by atoms with Crippen LogP contribution in [0.15, 0.2) is 217 Å². The Morgan fingerprint density at radius 1 is 0.315 bits per heavy atom. The van der Waals surface area contributed by atoms with Gasteiger partial charge in [0, 0.05) is 16.6 Å². The fourth-order valence-corrected chi connectivity index (χ4v) is 7.96. The monoisotopic (exact) mass is 689 g/mol. The lowest BCUT2D eigenvalue weighted by molar-refractivity contribution is 0.669. The summed E-state index contributed by atoms with van der Waals surface area (Å²) in [5, 5.41) is 4.57. The number of anilines is 3. The van der Waals surface area contributed by atoms with Crippen LogP contribution in [0.1, 0.15) is 0 Å². The molecule has 0 amide bonds. The van der Waals surface area contributed by atoms with Crippen LogP contribution in [0.4, 0.5) is 17.1 Å². The Hall–Kier alpha value is -7.16. The number of nitrogens with zero attached hydrogens (tertiary/aromatic N) is 1. The molecule has 0 fully saturated rings. The predicted molar refractivity (Wildman–Crippen MR) is 228 cm³/mol. The fourth-order valence-electron chi connectivity index (χ4n) is 7.96. The highest BCUT2D eigenvalue weighted by Crippen LogP contribution is 2.49. The molecule has 0 aliphatic carbocycles. The van der Waals surface area contributed by atoms with E-state index in [9.17, 15) is 0 Å². The molecule has 0 spiro atoms. The van der Waals surface area contributed by atoms with Crippen molar-refractivity contribution in [3.63, 3.8) is 0 Å². The van der Waals surface area contributed by atoms with Crippen LogP contribution in [0.5, 0.6) is 0 Å². The second-order valence-corrected chi connectivity index (χ2v) is 13.7. The largest absolute Gasteiger partial charge is 0.456 e. The summed E-state index contributed by atoms with van der Waals surface area (Å²) in [4.78, 5) is 2.42. The standard InChI is InChI=1S/C52H35NO/c1-3-16-36(17-4-1)40-31-33-44(43-23-10-9-22-42(43)38-19-5-2-6-20-38)47(35-40)45-24-11-13-26-48(45)53(41-32-30-37-18-7-8-21-39(37)34-41)49-27-15-29-51-52(49)46-25-12-14-28-50(46)54-51/h1-35H. The zero-order valence-corrected chi connectivity index (χ0v) is 29.6. The summed E-state index contributed by atoms with van der Waals surface area (Å²) in [6, 6.07) is 76.0. The van der Waals surface area contributed by atoms with Crippen LogP contribution in [-0.2, 0) is 0 Å². The van der Waals surface area contributed by atoms with Gasteiger partial charge in [0.25, 0.3) is 0 Å². The molecule has 10 aromatic rings. The minimum absolute atomic E-state index is 0.862. The van der Waals surface area contributed by atoms with Gasteiger partial charge in [-0.1, -0.05) is 170 Å². The van der Waals surface area contributed by atoms with Crippen LogP contribution in [0.3, 0.4) is 0 Å². The third-order valence-corrected chi connectivity index (χ3v) is 10.5. The van der Waals surface area contributed by atoms with Crippen molar-refractivity contribution >= 4 is 49.8 Å². The Morgan fingerprint density at radius 3 is 1.76 bits per heavy atom. The van der Waals surface area contributed by atoms with Gasteiger partial charge < -0.3 is 9.32 Å². The Morgan fingerprint density at radius 2 is 0.926 bits per heavy atom. The lowest BCUT2D eigenvalue weighted by atomic mass is 9.86. The molecule has 54 heavy (non-hydrogen) atoms. The first-order chi connectivity index (χ1) is 26.8. The zero-order chi connectivity index (χ0) is 35.8.